The molecule has 6 nitrogen and oxygen atoms in total. The first-order chi connectivity index (χ1) is 16.6. The number of para-hydroxylation sites is 2. The van der Waals surface area contributed by atoms with Gasteiger partial charge in [-0.2, -0.15) is 0 Å². The predicted molar refractivity (Wildman–Crippen MR) is 127 cm³/mol. The van der Waals surface area contributed by atoms with Crippen LogP contribution in [0.25, 0.3) is 11.0 Å². The Labute approximate surface area is 196 Å². The summed E-state index contributed by atoms with van der Waals surface area (Å²) in [7, 11) is 0. The van der Waals surface area contributed by atoms with Crippen LogP contribution in [0.3, 0.4) is 0 Å². The van der Waals surface area contributed by atoms with Gasteiger partial charge in [-0.25, -0.2) is 9.37 Å². The van der Waals surface area contributed by atoms with E-state index in [4.69, 9.17) is 9.72 Å². The molecule has 1 aliphatic heterocycles. The quantitative estimate of drug-likeness (QED) is 0.315. The van der Waals surface area contributed by atoms with Gasteiger partial charge >= 0.3 is 5.97 Å². The maximum Gasteiger partial charge on any atom is 0.321 e. The number of imidazole rings is 1. The molecular weight excluding hydrogens is 433 g/mol. The highest BCUT2D eigenvalue weighted by Gasteiger charge is 2.48. The lowest BCUT2D eigenvalue weighted by Crippen LogP contribution is -2.51. The first-order valence-corrected chi connectivity index (χ1v) is 11.3. The first-order valence-electron chi connectivity index (χ1n) is 11.3. The highest BCUT2D eigenvalue weighted by atomic mass is 19.1. The molecule has 0 spiro atoms. The lowest BCUT2D eigenvalue weighted by molar-refractivity contribution is -0.153. The number of amides is 1. The number of halogens is 1. The summed E-state index contributed by atoms with van der Waals surface area (Å²) in [5.41, 5.74) is 2.70. The van der Waals surface area contributed by atoms with Gasteiger partial charge < -0.3 is 9.30 Å². The summed E-state index contributed by atoms with van der Waals surface area (Å²) in [4.78, 5) is 33.3. The van der Waals surface area contributed by atoms with Gasteiger partial charge in [0.15, 0.2) is 5.92 Å². The van der Waals surface area contributed by atoms with Crippen LogP contribution in [0.4, 0.5) is 10.3 Å². The third kappa shape index (κ3) is 3.73. The molecule has 0 N–H and O–H groups in total. The second-order valence-corrected chi connectivity index (χ2v) is 8.19. The van der Waals surface area contributed by atoms with Gasteiger partial charge in [-0.15, -0.1) is 0 Å². The van der Waals surface area contributed by atoms with E-state index in [2.05, 4.69) is 0 Å². The van der Waals surface area contributed by atoms with E-state index in [1.165, 1.54) is 11.0 Å². The van der Waals surface area contributed by atoms with Gasteiger partial charge in [0.2, 0.25) is 11.9 Å². The Balaban J connectivity index is 1.70. The summed E-state index contributed by atoms with van der Waals surface area (Å²) >= 11 is 0. The molecule has 3 aromatic carbocycles. The monoisotopic (exact) mass is 457 g/mol. The molecule has 2 atom stereocenters. The van der Waals surface area contributed by atoms with Crippen LogP contribution in [0.15, 0.2) is 78.9 Å². The van der Waals surface area contributed by atoms with Crippen molar-refractivity contribution < 1.29 is 18.7 Å². The number of ether oxygens (including phenoxy) is 1. The number of hydrogen-bond donors (Lipinski definition) is 0. The van der Waals surface area contributed by atoms with Crippen LogP contribution in [0.2, 0.25) is 0 Å². The molecule has 5 rings (SSSR count). The summed E-state index contributed by atoms with van der Waals surface area (Å²) in [6, 6.07) is 22.5. The molecule has 34 heavy (non-hydrogen) atoms. The van der Waals surface area contributed by atoms with E-state index in [-0.39, 0.29) is 12.2 Å². The normalized spacial score (nSPS) is 17.6. The molecule has 0 radical (unpaired) electrons. The summed E-state index contributed by atoms with van der Waals surface area (Å²) in [6.45, 7) is 2.13. The molecule has 0 saturated heterocycles. The van der Waals surface area contributed by atoms with Crippen LogP contribution in [0.1, 0.15) is 24.1 Å². The van der Waals surface area contributed by atoms with E-state index in [1.54, 1.807) is 25.1 Å². The number of anilines is 1. The van der Waals surface area contributed by atoms with Gasteiger partial charge in [-0.1, -0.05) is 60.7 Å². The van der Waals surface area contributed by atoms with Crippen LogP contribution in [-0.4, -0.2) is 34.6 Å². The van der Waals surface area contributed by atoms with Gasteiger partial charge in [-0.3, -0.25) is 14.5 Å². The second kappa shape index (κ2) is 9.09. The van der Waals surface area contributed by atoms with E-state index in [0.717, 1.165) is 11.1 Å². The zero-order valence-electron chi connectivity index (χ0n) is 18.7. The molecule has 0 bridgehead atoms. The number of carbonyl (C=O) groups excluding carboxylic acids is 2. The molecule has 0 unspecified atom stereocenters. The van der Waals surface area contributed by atoms with E-state index in [0.29, 0.717) is 24.4 Å². The van der Waals surface area contributed by atoms with Crippen molar-refractivity contribution in [2.24, 2.45) is 5.92 Å². The van der Waals surface area contributed by atoms with Crippen molar-refractivity contribution in [2.75, 3.05) is 18.1 Å². The smallest absolute Gasteiger partial charge is 0.321 e. The first kappa shape index (κ1) is 21.8. The van der Waals surface area contributed by atoms with Crippen molar-refractivity contribution >= 4 is 28.9 Å². The topological polar surface area (TPSA) is 64.4 Å². The van der Waals surface area contributed by atoms with Gasteiger partial charge in [-0.05, 0) is 37.1 Å². The summed E-state index contributed by atoms with van der Waals surface area (Å²) in [5, 5.41) is 0. The van der Waals surface area contributed by atoms with Gasteiger partial charge in [0, 0.05) is 12.1 Å². The predicted octanol–water partition coefficient (Wildman–Crippen LogP) is 4.53. The van der Waals surface area contributed by atoms with Crippen LogP contribution >= 0.6 is 0 Å². The van der Waals surface area contributed by atoms with E-state index in [9.17, 15) is 9.59 Å². The molecule has 1 aliphatic rings. The third-order valence-electron chi connectivity index (χ3n) is 6.18. The number of rotatable bonds is 6. The highest BCUT2D eigenvalue weighted by molar-refractivity contribution is 6.08. The van der Waals surface area contributed by atoms with Gasteiger partial charge in [0.05, 0.1) is 23.7 Å². The Morgan fingerprint density at radius 3 is 2.47 bits per heavy atom. The van der Waals surface area contributed by atoms with E-state index in [1.807, 2.05) is 59.2 Å². The average Bonchev–Trinajstić information content (AvgIpc) is 3.23. The average molecular weight is 458 g/mol. The van der Waals surface area contributed by atoms with Crippen molar-refractivity contribution in [1.29, 1.82) is 0 Å². The van der Waals surface area contributed by atoms with Crippen molar-refractivity contribution in [2.45, 2.75) is 19.4 Å². The SMILES string of the molecule is CCOC(=O)[C@H]1C(=O)N(CCc2ccccc2)c2nc3ccccc3n2[C@H]1c1ccccc1F. The van der Waals surface area contributed by atoms with Crippen LogP contribution in [0, 0.1) is 11.7 Å². The van der Waals surface area contributed by atoms with Crippen LogP contribution < -0.4 is 4.90 Å². The summed E-state index contributed by atoms with van der Waals surface area (Å²) in [6.07, 6.45) is 0.579. The number of benzene rings is 3. The van der Waals surface area contributed by atoms with Crippen LogP contribution in [-0.2, 0) is 20.7 Å². The second-order valence-electron chi connectivity index (χ2n) is 8.19. The fraction of sp³-hybridized carbons (Fsp3) is 0.222. The van der Waals surface area contributed by atoms with Crippen molar-refractivity contribution in [3.63, 3.8) is 0 Å². The molecule has 2 heterocycles. The molecule has 0 aliphatic carbocycles. The maximum absolute atomic E-state index is 15.1. The molecule has 0 saturated carbocycles. The third-order valence-corrected chi connectivity index (χ3v) is 6.18. The molecule has 1 aromatic heterocycles. The fourth-order valence-electron chi connectivity index (χ4n) is 4.64. The lowest BCUT2D eigenvalue weighted by atomic mass is 9.89. The van der Waals surface area contributed by atoms with E-state index >= 15 is 4.39 Å². The van der Waals surface area contributed by atoms with Crippen molar-refractivity contribution in [3.8, 4) is 0 Å². The number of hydrogen-bond acceptors (Lipinski definition) is 4. The number of aromatic nitrogens is 2. The molecule has 7 heteroatoms. The summed E-state index contributed by atoms with van der Waals surface area (Å²) < 4.78 is 22.2. The number of esters is 1. The fourth-order valence-corrected chi connectivity index (χ4v) is 4.64. The highest BCUT2D eigenvalue weighted by Crippen LogP contribution is 2.42. The number of fused-ring (bicyclic) bond motifs is 3. The Bertz CT molecular complexity index is 1350. The number of carbonyl (C=O) groups is 2. The minimum Gasteiger partial charge on any atom is -0.465 e. The van der Waals surface area contributed by atoms with Crippen molar-refractivity contribution in [3.05, 3.63) is 95.8 Å². The molecule has 1 amide bonds. The lowest BCUT2D eigenvalue weighted by Gasteiger charge is -2.38. The molecule has 172 valence electrons. The Morgan fingerprint density at radius 1 is 1.00 bits per heavy atom. The molecule has 0 fully saturated rings. The van der Waals surface area contributed by atoms with Crippen molar-refractivity contribution in [1.82, 2.24) is 9.55 Å². The molecular formula is C27H24FN3O3. The Kier molecular flexibility index (Phi) is 5.84. The Hall–Kier alpha value is -4.00. The van der Waals surface area contributed by atoms with Gasteiger partial charge in [0.1, 0.15) is 5.82 Å². The molecule has 4 aromatic rings. The number of nitrogens with zero attached hydrogens (tertiary/aromatic N) is 3. The minimum atomic E-state index is -1.24. The Morgan fingerprint density at radius 2 is 1.71 bits per heavy atom. The van der Waals surface area contributed by atoms with Crippen LogP contribution in [0.5, 0.6) is 0 Å². The van der Waals surface area contributed by atoms with Gasteiger partial charge in [0.25, 0.3) is 0 Å². The minimum absolute atomic E-state index is 0.119. The maximum atomic E-state index is 15.1. The summed E-state index contributed by atoms with van der Waals surface area (Å²) in [5.74, 6) is -2.44. The largest absolute Gasteiger partial charge is 0.465 e. The van der Waals surface area contributed by atoms with E-state index < -0.39 is 29.7 Å². The zero-order valence-corrected chi connectivity index (χ0v) is 18.7. The zero-order chi connectivity index (χ0) is 23.7. The standard InChI is InChI=1S/C27H24FN3O3/c1-2-34-26(33)23-24(19-12-6-7-13-20(19)28)31-22-15-9-8-14-21(22)29-27(31)30(25(23)32)17-16-18-10-4-3-5-11-18/h3-15,23-24H,2,16-17H2,1H3/t23-,24+/m1/s1.